The summed E-state index contributed by atoms with van der Waals surface area (Å²) in [5.41, 5.74) is 3.39. The Balaban J connectivity index is 1.72. The second kappa shape index (κ2) is 8.30. The van der Waals surface area contributed by atoms with Gasteiger partial charge < -0.3 is 19.8 Å². The van der Waals surface area contributed by atoms with Crippen molar-refractivity contribution in [2.45, 2.75) is 46.1 Å². The first-order chi connectivity index (χ1) is 14.5. The molecule has 0 saturated carbocycles. The molecule has 3 aromatic rings. The zero-order valence-electron chi connectivity index (χ0n) is 17.3. The average Bonchev–Trinajstić information content (AvgIpc) is 3.08. The van der Waals surface area contributed by atoms with E-state index >= 15 is 0 Å². The van der Waals surface area contributed by atoms with E-state index in [2.05, 4.69) is 20.3 Å². The lowest BCUT2D eigenvalue weighted by Gasteiger charge is -2.21. The van der Waals surface area contributed by atoms with Crippen LogP contribution in [0.1, 0.15) is 38.4 Å². The summed E-state index contributed by atoms with van der Waals surface area (Å²) < 4.78 is 24.8. The number of halogens is 1. The number of aromatic amines is 1. The van der Waals surface area contributed by atoms with Crippen molar-refractivity contribution in [2.75, 3.05) is 11.9 Å². The Morgan fingerprint density at radius 3 is 2.97 bits per heavy atom. The molecule has 2 heterocycles. The van der Waals surface area contributed by atoms with Gasteiger partial charge in [0.25, 0.3) is 0 Å². The average molecular weight is 412 g/mol. The van der Waals surface area contributed by atoms with Gasteiger partial charge in [0.1, 0.15) is 29.4 Å². The molecule has 7 nitrogen and oxygen atoms in total. The Kier molecular flexibility index (Phi) is 5.57. The lowest BCUT2D eigenvalue weighted by Crippen LogP contribution is -2.24. The molecule has 1 aromatic carbocycles. The number of nitrogens with zero attached hydrogens (tertiary/aromatic N) is 2. The van der Waals surface area contributed by atoms with Crippen molar-refractivity contribution in [2.24, 2.45) is 5.92 Å². The molecule has 0 spiro atoms. The van der Waals surface area contributed by atoms with Gasteiger partial charge in [0, 0.05) is 11.8 Å². The summed E-state index contributed by atoms with van der Waals surface area (Å²) in [5, 5.41) is 4.11. The van der Waals surface area contributed by atoms with E-state index in [0.717, 1.165) is 29.5 Å². The number of carbonyl (C=O) groups is 1. The molecular formula is C22H25FN4O3. The minimum atomic E-state index is -0.375. The predicted molar refractivity (Wildman–Crippen MR) is 111 cm³/mol. The normalized spacial score (nSPS) is 15.8. The van der Waals surface area contributed by atoms with Gasteiger partial charge in [-0.15, -0.1) is 0 Å². The fraction of sp³-hybridized carbons (Fsp3) is 0.409. The van der Waals surface area contributed by atoms with Crippen LogP contribution in [0.3, 0.4) is 0 Å². The number of anilines is 2. The summed E-state index contributed by atoms with van der Waals surface area (Å²) in [7, 11) is 0. The number of esters is 1. The molecule has 4 rings (SSSR count). The van der Waals surface area contributed by atoms with Crippen molar-refractivity contribution >= 4 is 28.5 Å². The predicted octanol–water partition coefficient (Wildman–Crippen LogP) is 4.30. The summed E-state index contributed by atoms with van der Waals surface area (Å²) in [5.74, 6) is 0.262. The largest absolute Gasteiger partial charge is 0.489 e. The van der Waals surface area contributed by atoms with Crippen LogP contribution < -0.4 is 10.1 Å². The van der Waals surface area contributed by atoms with Crippen molar-refractivity contribution in [1.29, 1.82) is 0 Å². The number of fused-ring (bicyclic) bond motifs is 3. The molecule has 0 saturated heterocycles. The molecule has 1 atom stereocenters. The summed E-state index contributed by atoms with van der Waals surface area (Å²) >= 11 is 0. The molecule has 8 heteroatoms. The fourth-order valence-corrected chi connectivity index (χ4v) is 3.88. The van der Waals surface area contributed by atoms with Gasteiger partial charge >= 0.3 is 5.97 Å². The van der Waals surface area contributed by atoms with Gasteiger partial charge in [0.15, 0.2) is 0 Å². The third-order valence-electron chi connectivity index (χ3n) is 5.16. The zero-order valence-corrected chi connectivity index (χ0v) is 17.3. The van der Waals surface area contributed by atoms with Gasteiger partial charge in [-0.2, -0.15) is 0 Å². The van der Waals surface area contributed by atoms with E-state index in [4.69, 9.17) is 9.47 Å². The topological polar surface area (TPSA) is 89.1 Å². The molecule has 30 heavy (non-hydrogen) atoms. The lowest BCUT2D eigenvalue weighted by molar-refractivity contribution is -0.148. The molecule has 0 amide bonds. The Morgan fingerprint density at radius 1 is 1.37 bits per heavy atom. The van der Waals surface area contributed by atoms with E-state index < -0.39 is 0 Å². The van der Waals surface area contributed by atoms with Gasteiger partial charge in [-0.05, 0) is 57.7 Å². The molecule has 1 aliphatic rings. The number of nitrogens with one attached hydrogen (secondary N) is 2. The lowest BCUT2D eigenvalue weighted by atomic mass is 9.86. The van der Waals surface area contributed by atoms with Crippen molar-refractivity contribution in [3.63, 3.8) is 0 Å². The number of aryl methyl sites for hydroxylation is 1. The SMILES string of the molecule is CCOC(=O)C1CCc2[nH]c3ncnc(Nc4ccc(F)cc4OC(C)C)c3c2C1. The molecule has 0 fully saturated rings. The minimum Gasteiger partial charge on any atom is -0.489 e. The van der Waals surface area contributed by atoms with E-state index in [1.165, 1.54) is 18.5 Å². The van der Waals surface area contributed by atoms with Crippen LogP contribution in [0, 0.1) is 11.7 Å². The van der Waals surface area contributed by atoms with Gasteiger partial charge in [0.05, 0.1) is 29.7 Å². The summed E-state index contributed by atoms with van der Waals surface area (Å²) in [4.78, 5) is 24.4. The van der Waals surface area contributed by atoms with Crippen LogP contribution in [-0.4, -0.2) is 33.6 Å². The highest BCUT2D eigenvalue weighted by Crippen LogP contribution is 2.37. The molecule has 0 aliphatic heterocycles. The standard InChI is InChI=1S/C22H25FN4O3/c1-4-29-22(28)13-5-7-16-15(9-13)19-20(26-16)24-11-25-21(19)27-17-8-6-14(23)10-18(17)30-12(2)3/h6,8,10-13H,4-5,7,9H2,1-3H3,(H2,24,25,26,27). The van der Waals surface area contributed by atoms with Crippen LogP contribution in [0.5, 0.6) is 5.75 Å². The number of rotatable bonds is 6. The highest BCUT2D eigenvalue weighted by Gasteiger charge is 2.30. The number of benzene rings is 1. The first-order valence-electron chi connectivity index (χ1n) is 10.2. The van der Waals surface area contributed by atoms with Crippen molar-refractivity contribution in [3.8, 4) is 5.75 Å². The highest BCUT2D eigenvalue weighted by molar-refractivity contribution is 5.94. The van der Waals surface area contributed by atoms with Gasteiger partial charge in [-0.25, -0.2) is 14.4 Å². The number of hydrogen-bond donors (Lipinski definition) is 2. The maximum atomic E-state index is 13.8. The molecule has 1 unspecified atom stereocenters. The number of carbonyl (C=O) groups excluding carboxylic acids is 1. The Hall–Kier alpha value is -3.16. The van der Waals surface area contributed by atoms with E-state index in [-0.39, 0.29) is 23.8 Å². The second-order valence-electron chi connectivity index (χ2n) is 7.65. The van der Waals surface area contributed by atoms with Crippen molar-refractivity contribution in [1.82, 2.24) is 15.0 Å². The van der Waals surface area contributed by atoms with Crippen molar-refractivity contribution < 1.29 is 18.7 Å². The summed E-state index contributed by atoms with van der Waals surface area (Å²) in [6, 6.07) is 4.35. The van der Waals surface area contributed by atoms with E-state index in [1.807, 2.05) is 20.8 Å². The third kappa shape index (κ3) is 3.94. The van der Waals surface area contributed by atoms with Gasteiger partial charge in [0.2, 0.25) is 0 Å². The fourth-order valence-electron chi connectivity index (χ4n) is 3.88. The minimum absolute atomic E-state index is 0.108. The molecule has 1 aliphatic carbocycles. The van der Waals surface area contributed by atoms with Crippen LogP contribution in [-0.2, 0) is 22.4 Å². The summed E-state index contributed by atoms with van der Waals surface area (Å²) in [6.45, 7) is 5.95. The van der Waals surface area contributed by atoms with E-state index in [1.54, 1.807) is 6.07 Å². The first-order valence-corrected chi connectivity index (χ1v) is 10.2. The second-order valence-corrected chi connectivity index (χ2v) is 7.65. The van der Waals surface area contributed by atoms with Gasteiger partial charge in [-0.1, -0.05) is 0 Å². The quantitative estimate of drug-likeness (QED) is 0.587. The molecule has 0 bridgehead atoms. The first kappa shape index (κ1) is 20.1. The molecule has 2 N–H and O–H groups in total. The number of hydrogen-bond acceptors (Lipinski definition) is 6. The smallest absolute Gasteiger partial charge is 0.309 e. The summed E-state index contributed by atoms with van der Waals surface area (Å²) in [6.07, 6.45) is 3.41. The molecule has 2 aromatic heterocycles. The van der Waals surface area contributed by atoms with E-state index in [9.17, 15) is 9.18 Å². The third-order valence-corrected chi connectivity index (χ3v) is 5.16. The number of H-pyrrole nitrogens is 1. The molecule has 158 valence electrons. The van der Waals surface area contributed by atoms with Crippen molar-refractivity contribution in [3.05, 3.63) is 41.6 Å². The van der Waals surface area contributed by atoms with Gasteiger partial charge in [-0.3, -0.25) is 4.79 Å². The maximum absolute atomic E-state index is 13.8. The van der Waals surface area contributed by atoms with Crippen LogP contribution in [0.15, 0.2) is 24.5 Å². The van der Waals surface area contributed by atoms with Crippen LogP contribution >= 0.6 is 0 Å². The number of aromatic nitrogens is 3. The number of ether oxygens (including phenoxy) is 2. The molecular weight excluding hydrogens is 387 g/mol. The van der Waals surface area contributed by atoms with Crippen LogP contribution in [0.25, 0.3) is 11.0 Å². The van der Waals surface area contributed by atoms with E-state index in [0.29, 0.717) is 35.9 Å². The Bertz CT molecular complexity index is 1080. The van der Waals surface area contributed by atoms with Crippen LogP contribution in [0.2, 0.25) is 0 Å². The Labute approximate surface area is 174 Å². The Morgan fingerprint density at radius 2 is 2.20 bits per heavy atom. The zero-order chi connectivity index (χ0) is 21.3. The van der Waals surface area contributed by atoms with Crippen LogP contribution in [0.4, 0.5) is 15.9 Å². The highest BCUT2D eigenvalue weighted by atomic mass is 19.1. The maximum Gasteiger partial charge on any atom is 0.309 e. The monoisotopic (exact) mass is 412 g/mol. The molecule has 0 radical (unpaired) electrons.